The predicted molar refractivity (Wildman–Crippen MR) is 75.4 cm³/mol. The van der Waals surface area contributed by atoms with E-state index in [2.05, 4.69) is 4.74 Å². The number of aromatic hydroxyl groups is 1. The monoisotopic (exact) mass is 311 g/mol. The highest BCUT2D eigenvalue weighted by Crippen LogP contribution is 2.39. The van der Waals surface area contributed by atoms with Gasteiger partial charge in [0.2, 0.25) is 6.54 Å². The van der Waals surface area contributed by atoms with Crippen LogP contribution in [0.1, 0.15) is 17.9 Å². The third-order valence-corrected chi connectivity index (χ3v) is 3.30. The van der Waals surface area contributed by atoms with Crippen molar-refractivity contribution in [2.24, 2.45) is 5.92 Å². The first-order valence-electron chi connectivity index (χ1n) is 6.44. The molecule has 22 heavy (non-hydrogen) atoms. The molecule has 2 atom stereocenters. The zero-order chi connectivity index (χ0) is 16.7. The van der Waals surface area contributed by atoms with Crippen LogP contribution >= 0.6 is 0 Å². The van der Waals surface area contributed by atoms with E-state index in [1.54, 1.807) is 0 Å². The van der Waals surface area contributed by atoms with Crippen LogP contribution < -0.4 is 4.74 Å². The van der Waals surface area contributed by atoms with Crippen LogP contribution in [0.5, 0.6) is 11.5 Å². The highest BCUT2D eigenvalue weighted by atomic mass is 16.6. The minimum Gasteiger partial charge on any atom is -0.508 e. The molecule has 120 valence electrons. The van der Waals surface area contributed by atoms with E-state index in [4.69, 9.17) is 4.74 Å². The lowest BCUT2D eigenvalue weighted by Gasteiger charge is -2.22. The molecule has 0 fully saturated rings. The summed E-state index contributed by atoms with van der Waals surface area (Å²) >= 11 is 0. The fourth-order valence-corrected chi connectivity index (χ4v) is 2.25. The molecule has 0 amide bonds. The molecular weight excluding hydrogens is 294 g/mol. The summed E-state index contributed by atoms with van der Waals surface area (Å²) in [6.07, 6.45) is 0.132. The summed E-state index contributed by atoms with van der Waals surface area (Å²) in [5.41, 5.74) is 0.128. The molecule has 0 aliphatic heterocycles. The predicted octanol–water partition coefficient (Wildman–Crippen LogP) is 1.14. The van der Waals surface area contributed by atoms with E-state index in [-0.39, 0.29) is 23.5 Å². The first kappa shape index (κ1) is 17.4. The number of aldehydes is 1. The van der Waals surface area contributed by atoms with Gasteiger partial charge in [0, 0.05) is 16.4 Å². The van der Waals surface area contributed by atoms with Crippen molar-refractivity contribution in [2.75, 3.05) is 20.8 Å². The molecule has 0 radical (unpaired) electrons. The molecule has 0 bridgehead atoms. The Morgan fingerprint density at radius 3 is 2.64 bits per heavy atom. The molecule has 8 nitrogen and oxygen atoms in total. The quantitative estimate of drug-likeness (QED) is 0.331. The maximum Gasteiger partial charge on any atom is 0.306 e. The standard InChI is InChI=1S/C14H17NO7/c1-21-12-5-3-4-11(17)14(12)10(7-15(19)20)9(8-16)6-13(18)22-2/h3-5,8-10,17H,6-7H2,1-2H3/t9-,10?/m1/s1. The zero-order valence-corrected chi connectivity index (χ0v) is 12.2. The van der Waals surface area contributed by atoms with E-state index >= 15 is 0 Å². The Morgan fingerprint density at radius 1 is 1.45 bits per heavy atom. The van der Waals surface area contributed by atoms with Gasteiger partial charge in [-0.05, 0) is 12.1 Å². The van der Waals surface area contributed by atoms with Gasteiger partial charge in [-0.15, -0.1) is 0 Å². The largest absolute Gasteiger partial charge is 0.508 e. The highest BCUT2D eigenvalue weighted by Gasteiger charge is 2.34. The molecule has 1 unspecified atom stereocenters. The summed E-state index contributed by atoms with van der Waals surface area (Å²) in [5, 5.41) is 20.9. The number of carbonyl (C=O) groups is 2. The second-order valence-electron chi connectivity index (χ2n) is 4.60. The molecular formula is C14H17NO7. The maximum atomic E-state index is 11.4. The van der Waals surface area contributed by atoms with Crippen molar-refractivity contribution in [1.29, 1.82) is 0 Å². The Morgan fingerprint density at radius 2 is 2.14 bits per heavy atom. The summed E-state index contributed by atoms with van der Waals surface area (Å²) in [7, 11) is 2.50. The van der Waals surface area contributed by atoms with Crippen LogP contribution in [0.15, 0.2) is 18.2 Å². The summed E-state index contributed by atoms with van der Waals surface area (Å²) < 4.78 is 9.60. The minimum absolute atomic E-state index is 0.128. The molecule has 0 spiro atoms. The van der Waals surface area contributed by atoms with Crippen LogP contribution in [-0.2, 0) is 14.3 Å². The number of hydrogen-bond acceptors (Lipinski definition) is 7. The lowest BCUT2D eigenvalue weighted by Crippen LogP contribution is -2.25. The highest BCUT2D eigenvalue weighted by molar-refractivity contribution is 5.74. The van der Waals surface area contributed by atoms with E-state index < -0.39 is 29.3 Å². The number of nitro groups is 1. The van der Waals surface area contributed by atoms with Gasteiger partial charge in [-0.2, -0.15) is 0 Å². The van der Waals surface area contributed by atoms with Gasteiger partial charge in [-0.25, -0.2) is 0 Å². The molecule has 1 N–H and O–H groups in total. The fraction of sp³-hybridized carbons (Fsp3) is 0.429. The number of benzene rings is 1. The molecule has 1 aromatic rings. The number of phenolic OH excluding ortho intramolecular Hbond substituents is 1. The van der Waals surface area contributed by atoms with Crippen molar-refractivity contribution < 1.29 is 29.1 Å². The van der Waals surface area contributed by atoms with E-state index in [0.717, 1.165) is 7.11 Å². The summed E-state index contributed by atoms with van der Waals surface area (Å²) in [6.45, 7) is -0.631. The van der Waals surface area contributed by atoms with Crippen molar-refractivity contribution in [3.8, 4) is 11.5 Å². The SMILES string of the molecule is COC(=O)C[C@H](C=O)C(C[N+](=O)[O-])c1c(O)cccc1OC. The number of hydrogen-bond donors (Lipinski definition) is 1. The first-order chi connectivity index (χ1) is 10.4. The van der Waals surface area contributed by atoms with Crippen LogP contribution in [0, 0.1) is 16.0 Å². The molecule has 1 rings (SSSR count). The number of rotatable bonds is 8. The number of phenols is 1. The molecule has 0 saturated carbocycles. The van der Waals surface area contributed by atoms with Crippen LogP contribution in [-0.4, -0.2) is 43.0 Å². The third-order valence-electron chi connectivity index (χ3n) is 3.30. The van der Waals surface area contributed by atoms with Gasteiger partial charge < -0.3 is 19.4 Å². The van der Waals surface area contributed by atoms with Crippen molar-refractivity contribution in [1.82, 2.24) is 0 Å². The van der Waals surface area contributed by atoms with Gasteiger partial charge in [-0.1, -0.05) is 6.07 Å². The summed E-state index contributed by atoms with van der Waals surface area (Å²) in [4.78, 5) is 33.0. The zero-order valence-electron chi connectivity index (χ0n) is 12.2. The Balaban J connectivity index is 3.30. The summed E-state index contributed by atoms with van der Waals surface area (Å²) in [6, 6.07) is 4.36. The molecule has 0 aromatic heterocycles. The van der Waals surface area contributed by atoms with Crippen molar-refractivity contribution in [3.05, 3.63) is 33.9 Å². The van der Waals surface area contributed by atoms with Crippen LogP contribution in [0.2, 0.25) is 0 Å². The third kappa shape index (κ3) is 4.18. The van der Waals surface area contributed by atoms with Gasteiger partial charge in [0.05, 0.1) is 26.6 Å². The average Bonchev–Trinajstić information content (AvgIpc) is 2.50. The fourth-order valence-electron chi connectivity index (χ4n) is 2.25. The normalized spacial score (nSPS) is 13.0. The minimum atomic E-state index is -1.01. The second-order valence-corrected chi connectivity index (χ2v) is 4.60. The summed E-state index contributed by atoms with van der Waals surface area (Å²) in [5.74, 6) is -2.71. The Bertz CT molecular complexity index is 558. The van der Waals surface area contributed by atoms with E-state index in [1.807, 2.05) is 0 Å². The average molecular weight is 311 g/mol. The Hall–Kier alpha value is -2.64. The molecule has 8 heteroatoms. The molecule has 0 saturated heterocycles. The van der Waals surface area contributed by atoms with Crippen molar-refractivity contribution >= 4 is 12.3 Å². The molecule has 0 aliphatic rings. The number of methoxy groups -OCH3 is 2. The molecule has 0 heterocycles. The Labute approximate surface area is 126 Å². The molecule has 1 aromatic carbocycles. The van der Waals surface area contributed by atoms with E-state index in [9.17, 15) is 24.8 Å². The van der Waals surface area contributed by atoms with Gasteiger partial charge in [0.15, 0.2) is 0 Å². The van der Waals surface area contributed by atoms with Crippen LogP contribution in [0.25, 0.3) is 0 Å². The first-order valence-corrected chi connectivity index (χ1v) is 6.44. The molecule has 0 aliphatic carbocycles. The number of esters is 1. The van der Waals surface area contributed by atoms with Crippen molar-refractivity contribution in [3.63, 3.8) is 0 Å². The van der Waals surface area contributed by atoms with Gasteiger partial charge in [0.1, 0.15) is 17.8 Å². The topological polar surface area (TPSA) is 116 Å². The van der Waals surface area contributed by atoms with Crippen molar-refractivity contribution in [2.45, 2.75) is 12.3 Å². The lowest BCUT2D eigenvalue weighted by atomic mass is 9.83. The van der Waals surface area contributed by atoms with Gasteiger partial charge in [-0.3, -0.25) is 14.9 Å². The van der Waals surface area contributed by atoms with E-state index in [1.165, 1.54) is 25.3 Å². The van der Waals surface area contributed by atoms with Gasteiger partial charge >= 0.3 is 5.97 Å². The van der Waals surface area contributed by atoms with Crippen LogP contribution in [0.3, 0.4) is 0 Å². The number of ether oxygens (including phenoxy) is 2. The number of nitrogens with zero attached hydrogens (tertiary/aromatic N) is 1. The van der Waals surface area contributed by atoms with E-state index in [0.29, 0.717) is 6.29 Å². The smallest absolute Gasteiger partial charge is 0.306 e. The van der Waals surface area contributed by atoms with Gasteiger partial charge in [0.25, 0.3) is 0 Å². The van der Waals surface area contributed by atoms with Crippen LogP contribution in [0.4, 0.5) is 0 Å². The number of carbonyl (C=O) groups excluding carboxylic acids is 2. The lowest BCUT2D eigenvalue weighted by molar-refractivity contribution is -0.484. The maximum absolute atomic E-state index is 11.4. The Kier molecular flexibility index (Phi) is 6.30. The second kappa shape index (κ2) is 7.96.